The van der Waals surface area contributed by atoms with E-state index in [0.717, 1.165) is 54.4 Å². The van der Waals surface area contributed by atoms with Crippen LogP contribution in [0.5, 0.6) is 17.2 Å². The summed E-state index contributed by atoms with van der Waals surface area (Å²) >= 11 is 0. The predicted molar refractivity (Wildman–Crippen MR) is 96.2 cm³/mol. The van der Waals surface area contributed by atoms with Crippen LogP contribution in [0.4, 0.5) is 0 Å². The van der Waals surface area contributed by atoms with Crippen LogP contribution in [0.25, 0.3) is 0 Å². The lowest BCUT2D eigenvalue weighted by Crippen LogP contribution is -2.27. The van der Waals surface area contributed by atoms with Crippen molar-refractivity contribution < 1.29 is 19.3 Å². The molecule has 2 aromatic rings. The molecule has 1 N–H and O–H groups in total. The zero-order valence-corrected chi connectivity index (χ0v) is 14.6. The monoisotopic (exact) mass is 343 g/mol. The normalized spacial score (nSPS) is 14.3. The molecule has 0 amide bonds. The summed E-state index contributed by atoms with van der Waals surface area (Å²) in [7, 11) is 1.66. The van der Waals surface area contributed by atoms with Crippen LogP contribution in [0.1, 0.15) is 17.5 Å². The second kappa shape index (κ2) is 8.74. The molecule has 134 valence electrons. The maximum atomic E-state index is 9.31. The first-order valence-electron chi connectivity index (χ1n) is 8.63. The third-order valence-electron chi connectivity index (χ3n) is 4.31. The van der Waals surface area contributed by atoms with Crippen molar-refractivity contribution in [2.75, 3.05) is 33.4 Å². The molecule has 0 spiro atoms. The summed E-state index contributed by atoms with van der Waals surface area (Å²) in [5, 5.41) is 9.31. The van der Waals surface area contributed by atoms with Gasteiger partial charge in [0.2, 0.25) is 0 Å². The average molecular weight is 343 g/mol. The molecule has 0 aliphatic carbocycles. The van der Waals surface area contributed by atoms with Crippen LogP contribution < -0.4 is 14.2 Å². The van der Waals surface area contributed by atoms with Crippen LogP contribution in [0.15, 0.2) is 42.5 Å². The smallest absolute Gasteiger partial charge is 0.123 e. The predicted octanol–water partition coefficient (Wildman–Crippen LogP) is 2.85. The quantitative estimate of drug-likeness (QED) is 0.784. The SMILES string of the molecule is COc1ccc(OCCCN2CCOc3ccc(CO)cc3C2)cc1. The number of fused-ring (bicyclic) bond motifs is 1. The third kappa shape index (κ3) is 4.87. The Balaban J connectivity index is 1.47. The molecule has 0 radical (unpaired) electrons. The highest BCUT2D eigenvalue weighted by atomic mass is 16.5. The summed E-state index contributed by atoms with van der Waals surface area (Å²) in [6.45, 7) is 4.10. The Labute approximate surface area is 148 Å². The number of hydrogen-bond donors (Lipinski definition) is 1. The van der Waals surface area contributed by atoms with Crippen LogP contribution in [-0.2, 0) is 13.2 Å². The van der Waals surface area contributed by atoms with Gasteiger partial charge in [-0.25, -0.2) is 0 Å². The van der Waals surface area contributed by atoms with E-state index in [1.165, 1.54) is 0 Å². The Morgan fingerprint density at radius 3 is 2.68 bits per heavy atom. The molecule has 0 fully saturated rings. The number of hydrogen-bond acceptors (Lipinski definition) is 5. The minimum absolute atomic E-state index is 0.0585. The molecule has 25 heavy (non-hydrogen) atoms. The summed E-state index contributed by atoms with van der Waals surface area (Å²) in [6, 6.07) is 13.5. The third-order valence-corrected chi connectivity index (χ3v) is 4.31. The Hall–Kier alpha value is -2.24. The highest BCUT2D eigenvalue weighted by Gasteiger charge is 2.15. The average Bonchev–Trinajstić information content (AvgIpc) is 2.86. The molecule has 0 saturated carbocycles. The van der Waals surface area contributed by atoms with Gasteiger partial charge in [0.25, 0.3) is 0 Å². The van der Waals surface area contributed by atoms with E-state index in [1.54, 1.807) is 7.11 Å². The molecule has 1 aliphatic heterocycles. The van der Waals surface area contributed by atoms with Crippen molar-refractivity contribution in [3.8, 4) is 17.2 Å². The minimum Gasteiger partial charge on any atom is -0.497 e. The van der Waals surface area contributed by atoms with Gasteiger partial charge in [0, 0.05) is 25.2 Å². The standard InChI is InChI=1S/C20H25NO4/c1-23-18-4-6-19(7-5-18)24-11-2-9-21-10-12-25-20-8-3-16(15-22)13-17(20)14-21/h3-8,13,22H,2,9-12,14-15H2,1H3. The number of rotatable bonds is 7. The number of aliphatic hydroxyl groups excluding tert-OH is 1. The van der Waals surface area contributed by atoms with Gasteiger partial charge in [-0.3, -0.25) is 4.90 Å². The number of ether oxygens (including phenoxy) is 3. The first-order valence-corrected chi connectivity index (χ1v) is 8.63. The number of benzene rings is 2. The van der Waals surface area contributed by atoms with Crippen LogP contribution >= 0.6 is 0 Å². The molecule has 0 atom stereocenters. The molecule has 0 saturated heterocycles. The van der Waals surface area contributed by atoms with Crippen LogP contribution in [0.2, 0.25) is 0 Å². The van der Waals surface area contributed by atoms with Gasteiger partial charge >= 0.3 is 0 Å². The summed E-state index contributed by atoms with van der Waals surface area (Å²) in [6.07, 6.45) is 0.945. The molecular formula is C20H25NO4. The molecule has 5 heteroatoms. The van der Waals surface area contributed by atoms with Gasteiger partial charge in [-0.15, -0.1) is 0 Å². The van der Waals surface area contributed by atoms with E-state index in [4.69, 9.17) is 14.2 Å². The zero-order chi connectivity index (χ0) is 17.5. The first kappa shape index (κ1) is 17.6. The van der Waals surface area contributed by atoms with Gasteiger partial charge in [0.15, 0.2) is 0 Å². The number of methoxy groups -OCH3 is 1. The van der Waals surface area contributed by atoms with Gasteiger partial charge in [-0.1, -0.05) is 6.07 Å². The Kier molecular flexibility index (Phi) is 6.14. The highest BCUT2D eigenvalue weighted by molar-refractivity contribution is 5.37. The van der Waals surface area contributed by atoms with E-state index in [0.29, 0.717) is 13.2 Å². The minimum atomic E-state index is 0.0585. The fraction of sp³-hybridized carbons (Fsp3) is 0.400. The van der Waals surface area contributed by atoms with Crippen molar-refractivity contribution in [1.82, 2.24) is 4.90 Å². The molecule has 5 nitrogen and oxygen atoms in total. The largest absolute Gasteiger partial charge is 0.497 e. The topological polar surface area (TPSA) is 51.2 Å². The second-order valence-electron chi connectivity index (χ2n) is 6.10. The highest BCUT2D eigenvalue weighted by Crippen LogP contribution is 2.24. The van der Waals surface area contributed by atoms with E-state index in [2.05, 4.69) is 4.90 Å². The van der Waals surface area contributed by atoms with Crippen LogP contribution in [-0.4, -0.2) is 43.4 Å². The Morgan fingerprint density at radius 1 is 1.12 bits per heavy atom. The molecule has 0 aromatic heterocycles. The number of nitrogens with zero attached hydrogens (tertiary/aromatic N) is 1. The van der Waals surface area contributed by atoms with Gasteiger partial charge in [-0.05, 0) is 48.4 Å². The second-order valence-corrected chi connectivity index (χ2v) is 6.10. The maximum absolute atomic E-state index is 9.31. The molecule has 0 bridgehead atoms. The molecule has 1 aliphatic rings. The number of aliphatic hydroxyl groups is 1. The lowest BCUT2D eigenvalue weighted by molar-refractivity contribution is 0.206. The first-order chi connectivity index (χ1) is 12.3. The lowest BCUT2D eigenvalue weighted by Gasteiger charge is -2.19. The van der Waals surface area contributed by atoms with Crippen molar-refractivity contribution in [1.29, 1.82) is 0 Å². The van der Waals surface area contributed by atoms with E-state index in [-0.39, 0.29) is 6.61 Å². The summed E-state index contributed by atoms with van der Waals surface area (Å²) in [5.74, 6) is 2.62. The van der Waals surface area contributed by atoms with Gasteiger partial charge in [-0.2, -0.15) is 0 Å². The van der Waals surface area contributed by atoms with Crippen molar-refractivity contribution in [2.45, 2.75) is 19.6 Å². The summed E-state index contributed by atoms with van der Waals surface area (Å²) < 4.78 is 16.7. The fourth-order valence-corrected chi connectivity index (χ4v) is 2.94. The van der Waals surface area contributed by atoms with E-state index < -0.39 is 0 Å². The van der Waals surface area contributed by atoms with Gasteiger partial charge < -0.3 is 19.3 Å². The summed E-state index contributed by atoms with van der Waals surface area (Å²) in [5.41, 5.74) is 2.06. The Bertz CT molecular complexity index is 672. The summed E-state index contributed by atoms with van der Waals surface area (Å²) in [4.78, 5) is 2.37. The van der Waals surface area contributed by atoms with Crippen molar-refractivity contribution in [3.63, 3.8) is 0 Å². The fourth-order valence-electron chi connectivity index (χ4n) is 2.94. The van der Waals surface area contributed by atoms with Gasteiger partial charge in [0.05, 0.1) is 20.3 Å². The van der Waals surface area contributed by atoms with Gasteiger partial charge in [0.1, 0.15) is 23.9 Å². The zero-order valence-electron chi connectivity index (χ0n) is 14.6. The molecule has 1 heterocycles. The van der Waals surface area contributed by atoms with E-state index in [1.807, 2.05) is 42.5 Å². The van der Waals surface area contributed by atoms with Crippen LogP contribution in [0, 0.1) is 0 Å². The van der Waals surface area contributed by atoms with E-state index in [9.17, 15) is 5.11 Å². The van der Waals surface area contributed by atoms with Crippen LogP contribution in [0.3, 0.4) is 0 Å². The maximum Gasteiger partial charge on any atom is 0.123 e. The lowest BCUT2D eigenvalue weighted by atomic mass is 10.1. The molecule has 2 aromatic carbocycles. The van der Waals surface area contributed by atoms with Crippen molar-refractivity contribution in [3.05, 3.63) is 53.6 Å². The molecule has 3 rings (SSSR count). The van der Waals surface area contributed by atoms with Crippen molar-refractivity contribution in [2.24, 2.45) is 0 Å². The molecule has 0 unspecified atom stereocenters. The Morgan fingerprint density at radius 2 is 1.92 bits per heavy atom. The van der Waals surface area contributed by atoms with Crippen molar-refractivity contribution >= 4 is 0 Å². The van der Waals surface area contributed by atoms with E-state index >= 15 is 0 Å². The molecular weight excluding hydrogens is 318 g/mol.